The zero-order chi connectivity index (χ0) is 20.6. The van der Waals surface area contributed by atoms with Crippen molar-refractivity contribution in [3.8, 4) is 6.07 Å². The summed E-state index contributed by atoms with van der Waals surface area (Å²) >= 11 is 0. The smallest absolute Gasteiger partial charge is 0.306 e. The van der Waals surface area contributed by atoms with Crippen LogP contribution in [0.3, 0.4) is 0 Å². The first-order valence-electron chi connectivity index (χ1n) is 9.65. The van der Waals surface area contributed by atoms with E-state index in [4.69, 9.17) is 4.74 Å². The molecule has 0 bridgehead atoms. The zero-order valence-electron chi connectivity index (χ0n) is 16.9. The predicted molar refractivity (Wildman–Crippen MR) is 108 cm³/mol. The second-order valence-electron chi connectivity index (χ2n) is 8.07. The molecular weight excluding hydrogens is 370 g/mol. The number of anilines is 1. The maximum Gasteiger partial charge on any atom is 0.306 e. The van der Waals surface area contributed by atoms with Crippen molar-refractivity contribution in [2.75, 3.05) is 32.5 Å². The second-order valence-corrected chi connectivity index (χ2v) is 8.07. The number of rotatable bonds is 5. The van der Waals surface area contributed by atoms with E-state index in [1.165, 1.54) is 0 Å². The number of cyclic esters (lactones) is 1. The number of nitrogens with zero attached hydrogens (tertiary/aromatic N) is 6. The van der Waals surface area contributed by atoms with E-state index in [0.29, 0.717) is 25.2 Å². The van der Waals surface area contributed by atoms with Gasteiger partial charge in [-0.3, -0.25) is 9.48 Å². The number of hydrogen-bond acceptors (Lipinski definition) is 6. The van der Waals surface area contributed by atoms with Gasteiger partial charge in [-0.25, -0.2) is 0 Å². The Bertz CT molecular complexity index is 1000. The molecule has 9 heteroatoms. The number of hydrogen-bond donors (Lipinski definition) is 1. The summed E-state index contributed by atoms with van der Waals surface area (Å²) in [4.78, 5) is 12.1. The molecule has 0 spiro atoms. The minimum absolute atomic E-state index is 0.152. The van der Waals surface area contributed by atoms with Gasteiger partial charge in [-0.2, -0.15) is 10.4 Å². The summed E-state index contributed by atoms with van der Waals surface area (Å²) in [5.41, 5.74) is 7.13. The van der Waals surface area contributed by atoms with Crippen LogP contribution in [0.2, 0.25) is 0 Å². The van der Waals surface area contributed by atoms with Crippen LogP contribution in [0.4, 0.5) is 5.69 Å². The molecule has 1 saturated heterocycles. The van der Waals surface area contributed by atoms with Crippen molar-refractivity contribution in [3.05, 3.63) is 41.8 Å². The fourth-order valence-corrected chi connectivity index (χ4v) is 3.87. The Morgan fingerprint density at radius 2 is 2.28 bits per heavy atom. The van der Waals surface area contributed by atoms with Gasteiger partial charge in [-0.1, -0.05) is 0 Å². The number of quaternary nitrogens is 1. The number of carbonyl (C=O) groups excluding carboxylic acids is 1. The number of carbonyl (C=O) groups is 1. The summed E-state index contributed by atoms with van der Waals surface area (Å²) in [6.45, 7) is 1.14. The number of benzene rings is 1. The van der Waals surface area contributed by atoms with E-state index in [-0.39, 0.29) is 22.6 Å². The van der Waals surface area contributed by atoms with Crippen molar-refractivity contribution in [2.45, 2.75) is 18.9 Å². The third-order valence-corrected chi connectivity index (χ3v) is 5.40. The van der Waals surface area contributed by atoms with Crippen molar-refractivity contribution in [1.82, 2.24) is 14.8 Å². The minimum atomic E-state index is -0.248. The lowest BCUT2D eigenvalue weighted by Gasteiger charge is -2.41. The Morgan fingerprint density at radius 3 is 3.03 bits per heavy atom. The summed E-state index contributed by atoms with van der Waals surface area (Å²) < 4.78 is 7.52. The summed E-state index contributed by atoms with van der Waals surface area (Å²) in [7, 11) is 5.60. The number of allylic oxidation sites excluding steroid dienone is 1. The molecule has 2 aliphatic heterocycles. The molecule has 1 unspecified atom stereocenters. The number of nitrogens with one attached hydrogen (secondary N) is 1. The molecule has 1 aromatic heterocycles. The van der Waals surface area contributed by atoms with Gasteiger partial charge in [0.2, 0.25) is 5.70 Å². The first-order valence-corrected chi connectivity index (χ1v) is 9.65. The number of aromatic nitrogens is 2. The van der Waals surface area contributed by atoms with Crippen LogP contribution in [0.15, 0.2) is 36.3 Å². The van der Waals surface area contributed by atoms with Crippen LogP contribution in [-0.4, -0.2) is 58.6 Å². The monoisotopic (exact) mass is 395 g/mol. The van der Waals surface area contributed by atoms with E-state index in [1.54, 1.807) is 11.2 Å². The van der Waals surface area contributed by atoms with Gasteiger partial charge in [0.15, 0.2) is 6.07 Å². The molecule has 0 aliphatic carbocycles. The van der Waals surface area contributed by atoms with Crippen molar-refractivity contribution in [3.63, 3.8) is 0 Å². The molecule has 2 aliphatic rings. The third kappa shape index (κ3) is 4.04. The van der Waals surface area contributed by atoms with Crippen molar-refractivity contribution >= 4 is 22.6 Å². The molecule has 0 amide bonds. The van der Waals surface area contributed by atoms with Crippen LogP contribution in [0.5, 0.6) is 0 Å². The van der Waals surface area contributed by atoms with E-state index in [1.807, 2.05) is 44.2 Å². The Labute approximate surface area is 169 Å². The second kappa shape index (κ2) is 7.39. The number of esters is 1. The minimum Gasteiger partial charge on any atom is -0.461 e. The fraction of sp³-hybridized carbons (Fsp3) is 0.450. The Balaban J connectivity index is 1.35. The predicted octanol–water partition coefficient (Wildman–Crippen LogP) is 2.27. The summed E-state index contributed by atoms with van der Waals surface area (Å²) in [6, 6.07) is 8.30. The molecule has 2 atom stereocenters. The highest BCUT2D eigenvalue weighted by molar-refractivity contribution is 5.82. The molecule has 0 radical (unpaired) electrons. The number of nitriles is 1. The SMILES string of the molecule is Cn1ncc2cc(NCC3CC(=O)O[C@@H](CN4C=C(C#N)[N+](C)(C)[N-]4)C3)ccc21. The van der Waals surface area contributed by atoms with Crippen molar-refractivity contribution < 1.29 is 14.1 Å². The number of aryl methyl sites for hydroxylation is 1. The largest absolute Gasteiger partial charge is 0.461 e. The van der Waals surface area contributed by atoms with Crippen LogP contribution in [-0.2, 0) is 16.6 Å². The van der Waals surface area contributed by atoms with E-state index in [2.05, 4.69) is 28.1 Å². The summed E-state index contributed by atoms with van der Waals surface area (Å²) in [5.74, 6) is -0.0106. The molecule has 1 aromatic carbocycles. The lowest BCUT2D eigenvalue weighted by atomic mass is 9.94. The first-order chi connectivity index (χ1) is 13.8. The lowest BCUT2D eigenvalue weighted by molar-refractivity contribution is -0.811. The number of ether oxygens (including phenoxy) is 1. The Morgan fingerprint density at radius 1 is 1.45 bits per heavy atom. The molecule has 1 fully saturated rings. The molecular formula is C20H25N7O2. The van der Waals surface area contributed by atoms with Gasteiger partial charge in [0.25, 0.3) is 0 Å². The molecule has 9 nitrogen and oxygen atoms in total. The normalized spacial score (nSPS) is 23.6. The summed E-state index contributed by atoms with van der Waals surface area (Å²) in [5, 5.41) is 19.7. The van der Waals surface area contributed by atoms with E-state index >= 15 is 0 Å². The topological polar surface area (TPSA) is 97.3 Å². The highest BCUT2D eigenvalue weighted by atomic mass is 16.5. The van der Waals surface area contributed by atoms with Crippen LogP contribution >= 0.6 is 0 Å². The van der Waals surface area contributed by atoms with Gasteiger partial charge in [0.1, 0.15) is 6.10 Å². The van der Waals surface area contributed by atoms with Crippen LogP contribution < -0.4 is 5.32 Å². The van der Waals surface area contributed by atoms with E-state index < -0.39 is 0 Å². The maximum atomic E-state index is 12.1. The standard InChI is InChI=1S/C20H25N7O2/c1-25-19-5-4-16(8-15(19)11-23-25)22-10-14-6-18(29-20(28)7-14)13-26-12-17(9-21)27(2,3)24-26/h4-5,8,11-12,14,18,22H,6-7,10,13H2,1-3H3/t14?,18-/m1/s1. The highest BCUT2D eigenvalue weighted by Gasteiger charge is 2.31. The average molecular weight is 395 g/mol. The van der Waals surface area contributed by atoms with E-state index in [0.717, 1.165) is 23.0 Å². The van der Waals surface area contributed by atoms with Crippen LogP contribution in [0, 0.1) is 17.2 Å². The Kier molecular flexibility index (Phi) is 4.90. The highest BCUT2D eigenvalue weighted by Crippen LogP contribution is 2.30. The van der Waals surface area contributed by atoms with Gasteiger partial charge in [0.05, 0.1) is 38.4 Å². The van der Waals surface area contributed by atoms with Crippen molar-refractivity contribution in [2.24, 2.45) is 13.0 Å². The summed E-state index contributed by atoms with van der Waals surface area (Å²) in [6.07, 6.45) is 4.47. The van der Waals surface area contributed by atoms with Gasteiger partial charge < -0.3 is 25.2 Å². The van der Waals surface area contributed by atoms with Crippen LogP contribution in [0.1, 0.15) is 12.8 Å². The molecule has 152 valence electrons. The van der Waals surface area contributed by atoms with E-state index in [9.17, 15) is 10.1 Å². The van der Waals surface area contributed by atoms with Gasteiger partial charge in [-0.15, -0.1) is 0 Å². The van der Waals surface area contributed by atoms with Gasteiger partial charge >= 0.3 is 5.97 Å². The average Bonchev–Trinajstić information content (AvgIpc) is 3.17. The van der Waals surface area contributed by atoms with Gasteiger partial charge in [-0.05, 0) is 30.5 Å². The molecule has 29 heavy (non-hydrogen) atoms. The fourth-order valence-electron chi connectivity index (χ4n) is 3.87. The molecule has 2 aromatic rings. The number of fused-ring (bicyclic) bond motifs is 1. The molecule has 1 N–H and O–H groups in total. The molecule has 4 rings (SSSR count). The molecule has 3 heterocycles. The first kappa shape index (κ1) is 19.2. The lowest BCUT2D eigenvalue weighted by Crippen LogP contribution is -2.39. The zero-order valence-corrected chi connectivity index (χ0v) is 16.9. The van der Waals surface area contributed by atoms with Gasteiger partial charge in [0, 0.05) is 31.2 Å². The Hall–Kier alpha value is -3.09. The maximum absolute atomic E-state index is 12.1. The van der Waals surface area contributed by atoms with Crippen LogP contribution in [0.25, 0.3) is 16.4 Å². The third-order valence-electron chi connectivity index (χ3n) is 5.40. The molecule has 0 saturated carbocycles. The van der Waals surface area contributed by atoms with Crippen molar-refractivity contribution in [1.29, 1.82) is 5.26 Å². The quantitative estimate of drug-likeness (QED) is 0.616.